The Balaban J connectivity index is 1.41. The molecule has 1 N–H and O–H groups in total. The minimum atomic E-state index is 0.813. The number of hydrogen-bond acceptors (Lipinski definition) is 2. The van der Waals surface area contributed by atoms with Gasteiger partial charge in [0.05, 0.1) is 0 Å². The molecule has 3 fully saturated rings. The first-order chi connectivity index (χ1) is 10.4. The first-order valence-corrected chi connectivity index (χ1v) is 8.91. The summed E-state index contributed by atoms with van der Waals surface area (Å²) >= 11 is 0. The summed E-state index contributed by atoms with van der Waals surface area (Å²) in [4.78, 5) is 2.90. The van der Waals surface area contributed by atoms with Crippen molar-refractivity contribution in [1.29, 1.82) is 0 Å². The standard InChI is InChI=1S/C19H28N2/c1-2-4-16(5-3-1)17-12-18-6-7-19(13-17)21(18)14-15-8-10-20-11-9-15/h1-5,15,17-20H,6-14H2/t17?,18-,19+. The molecule has 0 aromatic heterocycles. The molecule has 114 valence electrons. The zero-order chi connectivity index (χ0) is 14.1. The van der Waals surface area contributed by atoms with Crippen LogP contribution in [0, 0.1) is 5.92 Å². The normalized spacial score (nSPS) is 34.2. The average Bonchev–Trinajstić information content (AvgIpc) is 2.78. The van der Waals surface area contributed by atoms with Crippen molar-refractivity contribution in [3.05, 3.63) is 35.9 Å². The Labute approximate surface area is 128 Å². The van der Waals surface area contributed by atoms with E-state index in [0.29, 0.717) is 0 Å². The first kappa shape index (κ1) is 13.8. The van der Waals surface area contributed by atoms with E-state index in [1.54, 1.807) is 5.56 Å². The van der Waals surface area contributed by atoms with Gasteiger partial charge in [-0.3, -0.25) is 4.90 Å². The van der Waals surface area contributed by atoms with Crippen LogP contribution in [0.25, 0.3) is 0 Å². The highest BCUT2D eigenvalue weighted by Gasteiger charge is 2.41. The van der Waals surface area contributed by atoms with E-state index in [9.17, 15) is 0 Å². The zero-order valence-corrected chi connectivity index (χ0v) is 13.0. The van der Waals surface area contributed by atoms with Gasteiger partial charge in [-0.15, -0.1) is 0 Å². The number of fused-ring (bicyclic) bond motifs is 2. The van der Waals surface area contributed by atoms with Crippen molar-refractivity contribution < 1.29 is 0 Å². The van der Waals surface area contributed by atoms with E-state index in [4.69, 9.17) is 0 Å². The molecule has 2 bridgehead atoms. The maximum atomic E-state index is 3.50. The van der Waals surface area contributed by atoms with Gasteiger partial charge in [0.2, 0.25) is 0 Å². The predicted octanol–water partition coefficient (Wildman–Crippen LogP) is 3.40. The molecule has 0 saturated carbocycles. The molecule has 3 saturated heterocycles. The summed E-state index contributed by atoms with van der Waals surface area (Å²) in [6.07, 6.45) is 8.45. The first-order valence-electron chi connectivity index (χ1n) is 8.91. The van der Waals surface area contributed by atoms with E-state index in [1.165, 1.54) is 58.2 Å². The molecule has 4 rings (SSSR count). The summed E-state index contributed by atoms with van der Waals surface area (Å²) in [7, 11) is 0. The summed E-state index contributed by atoms with van der Waals surface area (Å²) in [5.41, 5.74) is 1.58. The topological polar surface area (TPSA) is 15.3 Å². The van der Waals surface area contributed by atoms with Gasteiger partial charge in [0.1, 0.15) is 0 Å². The van der Waals surface area contributed by atoms with Gasteiger partial charge in [0.15, 0.2) is 0 Å². The molecule has 3 atom stereocenters. The smallest absolute Gasteiger partial charge is 0.0105 e. The second-order valence-corrected chi connectivity index (χ2v) is 7.35. The lowest BCUT2D eigenvalue weighted by atomic mass is 9.84. The zero-order valence-electron chi connectivity index (χ0n) is 13.0. The van der Waals surface area contributed by atoms with E-state index in [-0.39, 0.29) is 0 Å². The van der Waals surface area contributed by atoms with Crippen LogP contribution in [0.3, 0.4) is 0 Å². The highest BCUT2D eigenvalue weighted by Crippen LogP contribution is 2.43. The van der Waals surface area contributed by atoms with Crippen molar-refractivity contribution in [1.82, 2.24) is 10.2 Å². The number of piperidine rings is 2. The second kappa shape index (κ2) is 6.10. The molecule has 0 amide bonds. The predicted molar refractivity (Wildman–Crippen MR) is 87.5 cm³/mol. The third kappa shape index (κ3) is 2.89. The molecule has 1 unspecified atom stereocenters. The van der Waals surface area contributed by atoms with Crippen LogP contribution in [0.5, 0.6) is 0 Å². The molecule has 0 spiro atoms. The van der Waals surface area contributed by atoms with E-state index >= 15 is 0 Å². The van der Waals surface area contributed by atoms with Crippen molar-refractivity contribution in [2.45, 2.75) is 56.5 Å². The molecular weight excluding hydrogens is 256 g/mol. The van der Waals surface area contributed by atoms with Crippen LogP contribution in [0.4, 0.5) is 0 Å². The maximum absolute atomic E-state index is 3.50. The molecule has 1 aromatic carbocycles. The Kier molecular flexibility index (Phi) is 4.00. The van der Waals surface area contributed by atoms with Gasteiger partial charge in [0, 0.05) is 18.6 Å². The number of benzene rings is 1. The summed E-state index contributed by atoms with van der Waals surface area (Å²) in [5.74, 6) is 1.76. The van der Waals surface area contributed by atoms with E-state index in [1.807, 2.05) is 0 Å². The number of hydrogen-bond donors (Lipinski definition) is 1. The van der Waals surface area contributed by atoms with Gasteiger partial charge in [-0.1, -0.05) is 30.3 Å². The Morgan fingerprint density at radius 1 is 0.905 bits per heavy atom. The van der Waals surface area contributed by atoms with E-state index in [2.05, 4.69) is 40.5 Å². The van der Waals surface area contributed by atoms with Gasteiger partial charge in [-0.2, -0.15) is 0 Å². The van der Waals surface area contributed by atoms with Crippen LogP contribution in [0.15, 0.2) is 30.3 Å². The maximum Gasteiger partial charge on any atom is 0.0105 e. The molecule has 0 aliphatic carbocycles. The largest absolute Gasteiger partial charge is 0.317 e. The molecule has 2 heteroatoms. The Morgan fingerprint density at radius 2 is 1.57 bits per heavy atom. The van der Waals surface area contributed by atoms with Gasteiger partial charge in [-0.05, 0) is 69.0 Å². The van der Waals surface area contributed by atoms with Crippen LogP contribution in [-0.2, 0) is 0 Å². The van der Waals surface area contributed by atoms with Gasteiger partial charge in [-0.25, -0.2) is 0 Å². The summed E-state index contributed by atoms with van der Waals surface area (Å²) in [6.45, 7) is 3.85. The molecule has 2 nitrogen and oxygen atoms in total. The van der Waals surface area contributed by atoms with Crippen LogP contribution in [0.1, 0.15) is 50.0 Å². The second-order valence-electron chi connectivity index (χ2n) is 7.35. The summed E-state index contributed by atoms with van der Waals surface area (Å²) < 4.78 is 0. The number of rotatable bonds is 3. The molecule has 21 heavy (non-hydrogen) atoms. The van der Waals surface area contributed by atoms with Gasteiger partial charge in [0.25, 0.3) is 0 Å². The van der Waals surface area contributed by atoms with Crippen molar-refractivity contribution in [3.63, 3.8) is 0 Å². The minimum absolute atomic E-state index is 0.813. The monoisotopic (exact) mass is 284 g/mol. The lowest BCUT2D eigenvalue weighted by molar-refractivity contribution is 0.0973. The van der Waals surface area contributed by atoms with Gasteiger partial charge >= 0.3 is 0 Å². The highest BCUT2D eigenvalue weighted by molar-refractivity contribution is 5.21. The van der Waals surface area contributed by atoms with Crippen LogP contribution in [0.2, 0.25) is 0 Å². The highest BCUT2D eigenvalue weighted by atomic mass is 15.2. The molecule has 3 aliphatic rings. The van der Waals surface area contributed by atoms with Gasteiger partial charge < -0.3 is 5.32 Å². The Morgan fingerprint density at radius 3 is 2.24 bits per heavy atom. The fourth-order valence-corrected chi connectivity index (χ4v) is 4.93. The van der Waals surface area contributed by atoms with Crippen LogP contribution >= 0.6 is 0 Å². The van der Waals surface area contributed by atoms with E-state index in [0.717, 1.165) is 23.9 Å². The SMILES string of the molecule is c1ccc(C2C[C@H]3CC[C@@H](C2)N3CC2CCNCC2)cc1. The molecule has 0 radical (unpaired) electrons. The lowest BCUT2D eigenvalue weighted by Crippen LogP contribution is -2.46. The molecule has 3 heterocycles. The average molecular weight is 284 g/mol. The fourth-order valence-electron chi connectivity index (χ4n) is 4.93. The molecule has 3 aliphatic heterocycles. The van der Waals surface area contributed by atoms with E-state index < -0.39 is 0 Å². The molecule has 1 aromatic rings. The Hall–Kier alpha value is -0.860. The van der Waals surface area contributed by atoms with Crippen LogP contribution < -0.4 is 5.32 Å². The lowest BCUT2D eigenvalue weighted by Gasteiger charge is -2.41. The van der Waals surface area contributed by atoms with Crippen molar-refractivity contribution in [2.24, 2.45) is 5.92 Å². The van der Waals surface area contributed by atoms with Crippen molar-refractivity contribution in [2.75, 3.05) is 19.6 Å². The molecular formula is C19H28N2. The minimum Gasteiger partial charge on any atom is -0.317 e. The van der Waals surface area contributed by atoms with Crippen molar-refractivity contribution in [3.8, 4) is 0 Å². The number of nitrogens with zero attached hydrogens (tertiary/aromatic N) is 1. The third-order valence-electron chi connectivity index (χ3n) is 6.08. The third-order valence-corrected chi connectivity index (χ3v) is 6.08. The van der Waals surface area contributed by atoms with Crippen molar-refractivity contribution >= 4 is 0 Å². The fraction of sp³-hybridized carbons (Fsp3) is 0.684. The summed E-state index contributed by atoms with van der Waals surface area (Å²) in [6, 6.07) is 13.0. The quantitative estimate of drug-likeness (QED) is 0.915. The van der Waals surface area contributed by atoms with Crippen LogP contribution in [-0.4, -0.2) is 36.6 Å². The summed E-state index contributed by atoms with van der Waals surface area (Å²) in [5, 5.41) is 3.50. The number of nitrogens with one attached hydrogen (secondary N) is 1. The Bertz CT molecular complexity index is 438.